The number of hydrogen-bond donors (Lipinski definition) is 2. The Hall–Kier alpha value is -1.24. The van der Waals surface area contributed by atoms with Gasteiger partial charge in [0.05, 0.1) is 18.1 Å². The number of imidazole rings is 1. The minimum Gasteiger partial charge on any atom is -0.340 e. The molecule has 0 spiro atoms. The first-order chi connectivity index (χ1) is 8.60. The Morgan fingerprint density at radius 2 is 2.33 bits per heavy atom. The van der Waals surface area contributed by atoms with Crippen molar-refractivity contribution in [1.82, 2.24) is 15.0 Å². The second-order valence-corrected chi connectivity index (χ2v) is 5.04. The molecule has 0 saturated carbocycles. The predicted molar refractivity (Wildman–Crippen MR) is 71.1 cm³/mol. The number of benzene rings is 1. The zero-order valence-electron chi connectivity index (χ0n) is 9.90. The van der Waals surface area contributed by atoms with Crippen LogP contribution in [0.4, 0.5) is 4.39 Å². The van der Waals surface area contributed by atoms with Crippen LogP contribution < -0.4 is 11.3 Å². The molecule has 1 atom stereocenters. The molecule has 1 aromatic heterocycles. The lowest BCUT2D eigenvalue weighted by atomic mass is 10.0. The van der Waals surface area contributed by atoms with E-state index in [4.69, 9.17) is 5.84 Å². The molecule has 4 nitrogen and oxygen atoms in total. The van der Waals surface area contributed by atoms with Gasteiger partial charge in [0.15, 0.2) is 0 Å². The average Bonchev–Trinajstić information content (AvgIpc) is 2.75. The maximum absolute atomic E-state index is 13.7. The van der Waals surface area contributed by atoms with Crippen molar-refractivity contribution in [2.45, 2.75) is 12.5 Å². The molecular weight excluding hydrogens is 299 g/mol. The number of aryl methyl sites for hydroxylation is 1. The van der Waals surface area contributed by atoms with Crippen LogP contribution in [0.5, 0.6) is 0 Å². The summed E-state index contributed by atoms with van der Waals surface area (Å²) in [5, 5.41) is 0. The third kappa shape index (κ3) is 2.95. The molecule has 1 unspecified atom stereocenters. The number of hydrazine groups is 1. The van der Waals surface area contributed by atoms with E-state index in [0.717, 1.165) is 10.2 Å². The summed E-state index contributed by atoms with van der Waals surface area (Å²) in [4.78, 5) is 4.22. The first-order valence-corrected chi connectivity index (χ1v) is 6.27. The smallest absolute Gasteiger partial charge is 0.127 e. The first kappa shape index (κ1) is 13.2. The summed E-state index contributed by atoms with van der Waals surface area (Å²) in [6.07, 6.45) is 4.01. The van der Waals surface area contributed by atoms with Gasteiger partial charge in [-0.3, -0.25) is 11.3 Å². The van der Waals surface area contributed by atoms with Crippen LogP contribution in [0.25, 0.3) is 0 Å². The van der Waals surface area contributed by atoms with Crippen LogP contribution in [0, 0.1) is 5.82 Å². The van der Waals surface area contributed by atoms with Gasteiger partial charge in [0, 0.05) is 17.7 Å². The van der Waals surface area contributed by atoms with Crippen molar-refractivity contribution in [3.63, 3.8) is 0 Å². The highest BCUT2D eigenvalue weighted by molar-refractivity contribution is 9.10. The van der Waals surface area contributed by atoms with Gasteiger partial charge in [0.1, 0.15) is 5.82 Å². The third-order valence-electron chi connectivity index (χ3n) is 2.72. The van der Waals surface area contributed by atoms with Gasteiger partial charge in [0.25, 0.3) is 0 Å². The molecular formula is C12H14BrFN4. The van der Waals surface area contributed by atoms with Gasteiger partial charge < -0.3 is 4.57 Å². The minimum absolute atomic E-state index is 0.207. The van der Waals surface area contributed by atoms with Crippen LogP contribution >= 0.6 is 15.9 Å². The number of hydrogen-bond acceptors (Lipinski definition) is 3. The van der Waals surface area contributed by atoms with Crippen molar-refractivity contribution < 1.29 is 4.39 Å². The summed E-state index contributed by atoms with van der Waals surface area (Å²) in [5.74, 6) is 5.26. The summed E-state index contributed by atoms with van der Waals surface area (Å²) >= 11 is 3.23. The van der Waals surface area contributed by atoms with E-state index in [1.807, 2.05) is 23.9 Å². The van der Waals surface area contributed by atoms with Crippen molar-refractivity contribution in [1.29, 1.82) is 0 Å². The SMILES string of the molecule is Cn1cnc(C(Cc2ccc(Br)cc2F)NN)c1. The summed E-state index contributed by atoms with van der Waals surface area (Å²) in [5.41, 5.74) is 4.07. The largest absolute Gasteiger partial charge is 0.340 e. The van der Waals surface area contributed by atoms with E-state index in [1.165, 1.54) is 6.07 Å². The molecule has 0 radical (unpaired) electrons. The van der Waals surface area contributed by atoms with Crippen LogP contribution in [0.3, 0.4) is 0 Å². The minimum atomic E-state index is -0.249. The lowest BCUT2D eigenvalue weighted by molar-refractivity contribution is 0.520. The molecule has 0 aliphatic rings. The quantitative estimate of drug-likeness (QED) is 0.671. The topological polar surface area (TPSA) is 55.9 Å². The van der Waals surface area contributed by atoms with Crippen LogP contribution in [0.1, 0.15) is 17.3 Å². The fourth-order valence-electron chi connectivity index (χ4n) is 1.77. The molecule has 0 bridgehead atoms. The van der Waals surface area contributed by atoms with Crippen molar-refractivity contribution in [3.05, 3.63) is 52.3 Å². The molecule has 0 saturated heterocycles. The van der Waals surface area contributed by atoms with Crippen molar-refractivity contribution >= 4 is 15.9 Å². The van der Waals surface area contributed by atoms with E-state index in [-0.39, 0.29) is 11.9 Å². The number of nitrogens with two attached hydrogens (primary N) is 1. The van der Waals surface area contributed by atoms with E-state index in [1.54, 1.807) is 12.4 Å². The average molecular weight is 313 g/mol. The fraction of sp³-hybridized carbons (Fsp3) is 0.250. The molecule has 18 heavy (non-hydrogen) atoms. The highest BCUT2D eigenvalue weighted by Gasteiger charge is 2.15. The molecule has 1 heterocycles. The van der Waals surface area contributed by atoms with Gasteiger partial charge in [0.2, 0.25) is 0 Å². The molecule has 0 aliphatic carbocycles. The van der Waals surface area contributed by atoms with Gasteiger partial charge >= 0.3 is 0 Å². The molecule has 0 fully saturated rings. The zero-order valence-corrected chi connectivity index (χ0v) is 11.5. The molecule has 1 aromatic carbocycles. The lowest BCUT2D eigenvalue weighted by Crippen LogP contribution is -2.30. The third-order valence-corrected chi connectivity index (χ3v) is 3.22. The molecule has 96 valence electrons. The predicted octanol–water partition coefficient (Wildman–Crippen LogP) is 2.07. The highest BCUT2D eigenvalue weighted by Crippen LogP contribution is 2.21. The number of aromatic nitrogens is 2. The molecule has 0 aliphatic heterocycles. The van der Waals surface area contributed by atoms with E-state index >= 15 is 0 Å². The van der Waals surface area contributed by atoms with Gasteiger partial charge in [-0.2, -0.15) is 0 Å². The molecule has 2 rings (SSSR count). The van der Waals surface area contributed by atoms with Gasteiger partial charge in [-0.25, -0.2) is 9.37 Å². The second-order valence-electron chi connectivity index (χ2n) is 4.12. The van der Waals surface area contributed by atoms with E-state index in [9.17, 15) is 4.39 Å². The van der Waals surface area contributed by atoms with Gasteiger partial charge in [-0.05, 0) is 24.1 Å². The summed E-state index contributed by atoms with van der Waals surface area (Å²) in [6, 6.07) is 4.79. The summed E-state index contributed by atoms with van der Waals surface area (Å²) < 4.78 is 16.3. The summed E-state index contributed by atoms with van der Waals surface area (Å²) in [6.45, 7) is 0. The molecule has 6 heteroatoms. The van der Waals surface area contributed by atoms with Gasteiger partial charge in [-0.15, -0.1) is 0 Å². The maximum Gasteiger partial charge on any atom is 0.127 e. The normalized spacial score (nSPS) is 12.7. The lowest BCUT2D eigenvalue weighted by Gasteiger charge is -2.14. The maximum atomic E-state index is 13.7. The Labute approximate surface area is 113 Å². The number of rotatable bonds is 4. The number of nitrogens with one attached hydrogen (secondary N) is 1. The van der Waals surface area contributed by atoms with E-state index in [0.29, 0.717) is 12.0 Å². The van der Waals surface area contributed by atoms with Crippen LogP contribution in [0.2, 0.25) is 0 Å². The van der Waals surface area contributed by atoms with Crippen LogP contribution in [-0.2, 0) is 13.5 Å². The van der Waals surface area contributed by atoms with Crippen LogP contribution in [0.15, 0.2) is 35.2 Å². The molecule has 0 amide bonds. The van der Waals surface area contributed by atoms with Crippen molar-refractivity contribution in [3.8, 4) is 0 Å². The van der Waals surface area contributed by atoms with Gasteiger partial charge in [-0.1, -0.05) is 22.0 Å². The van der Waals surface area contributed by atoms with E-state index in [2.05, 4.69) is 26.3 Å². The van der Waals surface area contributed by atoms with Crippen molar-refractivity contribution in [2.24, 2.45) is 12.9 Å². The second kappa shape index (κ2) is 5.60. The number of halogens is 2. The Bertz CT molecular complexity index is 541. The Balaban J connectivity index is 2.20. The fourth-order valence-corrected chi connectivity index (χ4v) is 2.10. The van der Waals surface area contributed by atoms with Crippen molar-refractivity contribution in [2.75, 3.05) is 0 Å². The standard InChI is InChI=1S/C12H14BrFN4/c1-18-6-12(16-7-18)11(17-15)4-8-2-3-9(13)5-10(8)14/h2-3,5-7,11,17H,4,15H2,1H3. The highest BCUT2D eigenvalue weighted by atomic mass is 79.9. The Kier molecular flexibility index (Phi) is 4.11. The molecule has 3 N–H and O–H groups in total. The Morgan fingerprint density at radius 1 is 1.56 bits per heavy atom. The first-order valence-electron chi connectivity index (χ1n) is 5.48. The van der Waals surface area contributed by atoms with Crippen LogP contribution in [-0.4, -0.2) is 9.55 Å². The Morgan fingerprint density at radius 3 is 2.89 bits per heavy atom. The summed E-state index contributed by atoms with van der Waals surface area (Å²) in [7, 11) is 1.88. The number of nitrogens with zero attached hydrogens (tertiary/aromatic N) is 2. The monoisotopic (exact) mass is 312 g/mol. The van der Waals surface area contributed by atoms with E-state index < -0.39 is 0 Å². The zero-order chi connectivity index (χ0) is 13.1. The molecule has 2 aromatic rings.